The molecule has 2 aromatic rings. The Morgan fingerprint density at radius 1 is 1.14 bits per heavy atom. The van der Waals surface area contributed by atoms with Crippen LogP contribution in [0.1, 0.15) is 18.1 Å². The number of phenolic OH excluding ortho intramolecular Hbond substituents is 1. The molecule has 0 aromatic heterocycles. The van der Waals surface area contributed by atoms with Crippen LogP contribution in [0.2, 0.25) is 0 Å². The van der Waals surface area contributed by atoms with E-state index in [1.54, 1.807) is 7.11 Å². The summed E-state index contributed by atoms with van der Waals surface area (Å²) in [6.45, 7) is 4.95. The molecule has 0 atom stereocenters. The van der Waals surface area contributed by atoms with Gasteiger partial charge in [0.25, 0.3) is 0 Å². The molecule has 21 heavy (non-hydrogen) atoms. The van der Waals surface area contributed by atoms with Gasteiger partial charge in [-0.15, -0.1) is 0 Å². The highest BCUT2D eigenvalue weighted by atomic mass is 16.5. The second-order valence-electron chi connectivity index (χ2n) is 4.73. The third kappa shape index (κ3) is 3.60. The fourth-order valence-electron chi connectivity index (χ4n) is 2.11. The maximum absolute atomic E-state index is 10.0. The average Bonchev–Trinajstić information content (AvgIpc) is 2.49. The van der Waals surface area contributed by atoms with Crippen LogP contribution >= 0.6 is 0 Å². The van der Waals surface area contributed by atoms with Gasteiger partial charge < -0.3 is 19.9 Å². The van der Waals surface area contributed by atoms with Gasteiger partial charge in [-0.1, -0.05) is 18.2 Å². The minimum atomic E-state index is 0.337. The van der Waals surface area contributed by atoms with Crippen molar-refractivity contribution in [2.45, 2.75) is 20.4 Å². The maximum Gasteiger partial charge on any atom is 0.163 e. The van der Waals surface area contributed by atoms with Crippen LogP contribution in [0.3, 0.4) is 0 Å². The number of nitrogens with one attached hydrogen (secondary N) is 1. The molecule has 0 aliphatic heterocycles. The lowest BCUT2D eigenvalue weighted by molar-refractivity contribution is 0.311. The Bertz CT molecular complexity index is 611. The van der Waals surface area contributed by atoms with Gasteiger partial charge in [0.1, 0.15) is 5.75 Å². The molecule has 0 unspecified atom stereocenters. The molecule has 0 radical (unpaired) electrons. The maximum atomic E-state index is 10.0. The van der Waals surface area contributed by atoms with Gasteiger partial charge >= 0.3 is 0 Å². The van der Waals surface area contributed by atoms with Crippen molar-refractivity contribution >= 4 is 5.69 Å². The van der Waals surface area contributed by atoms with E-state index in [0.717, 1.165) is 16.8 Å². The predicted molar refractivity (Wildman–Crippen MR) is 84.3 cm³/mol. The predicted octanol–water partition coefficient (Wildman–Crippen LogP) is 3.72. The summed E-state index contributed by atoms with van der Waals surface area (Å²) >= 11 is 0. The Labute approximate surface area is 125 Å². The van der Waals surface area contributed by atoms with Crippen LogP contribution < -0.4 is 14.8 Å². The minimum Gasteiger partial charge on any atom is -0.507 e. The fraction of sp³-hybridized carbons (Fsp3) is 0.294. The molecule has 0 saturated carbocycles. The molecular weight excluding hydrogens is 266 g/mol. The van der Waals surface area contributed by atoms with E-state index in [-0.39, 0.29) is 0 Å². The van der Waals surface area contributed by atoms with Crippen molar-refractivity contribution in [3.05, 3.63) is 47.5 Å². The van der Waals surface area contributed by atoms with E-state index in [1.807, 2.05) is 50.2 Å². The first kappa shape index (κ1) is 15.0. The van der Waals surface area contributed by atoms with Crippen LogP contribution in [-0.2, 0) is 6.54 Å². The summed E-state index contributed by atoms with van der Waals surface area (Å²) < 4.78 is 10.8. The zero-order valence-corrected chi connectivity index (χ0v) is 12.6. The summed E-state index contributed by atoms with van der Waals surface area (Å²) in [5.41, 5.74) is 2.66. The fourth-order valence-corrected chi connectivity index (χ4v) is 2.11. The van der Waals surface area contributed by atoms with Gasteiger partial charge in [-0.05, 0) is 31.5 Å². The molecule has 0 aliphatic carbocycles. The molecule has 4 heteroatoms. The van der Waals surface area contributed by atoms with E-state index in [9.17, 15) is 5.11 Å². The van der Waals surface area contributed by atoms with Gasteiger partial charge in [0.05, 0.1) is 13.7 Å². The lowest BCUT2D eigenvalue weighted by Crippen LogP contribution is -2.02. The molecule has 0 bridgehead atoms. The van der Waals surface area contributed by atoms with E-state index in [2.05, 4.69) is 5.32 Å². The second-order valence-corrected chi connectivity index (χ2v) is 4.73. The number of ether oxygens (including phenoxy) is 2. The molecule has 0 fully saturated rings. The highest BCUT2D eigenvalue weighted by Crippen LogP contribution is 2.31. The van der Waals surface area contributed by atoms with E-state index in [4.69, 9.17) is 9.47 Å². The Morgan fingerprint density at radius 3 is 2.67 bits per heavy atom. The number of para-hydroxylation sites is 1. The normalized spacial score (nSPS) is 10.2. The smallest absolute Gasteiger partial charge is 0.163 e. The Morgan fingerprint density at radius 2 is 1.95 bits per heavy atom. The standard InChI is InChI=1S/C17H21NO3/c1-4-21-16-10-14(8-9-15(16)20-3)18-11-13-7-5-6-12(2)17(13)19/h5-10,18-19H,4,11H2,1-3H3. The third-order valence-electron chi connectivity index (χ3n) is 3.27. The van der Waals surface area contributed by atoms with Crippen LogP contribution in [0.15, 0.2) is 36.4 Å². The van der Waals surface area contributed by atoms with E-state index in [0.29, 0.717) is 30.4 Å². The number of aromatic hydroxyl groups is 1. The number of benzene rings is 2. The van der Waals surface area contributed by atoms with Crippen molar-refractivity contribution in [1.29, 1.82) is 0 Å². The molecule has 0 saturated heterocycles. The summed E-state index contributed by atoms with van der Waals surface area (Å²) in [4.78, 5) is 0. The number of methoxy groups -OCH3 is 1. The highest BCUT2D eigenvalue weighted by molar-refractivity contribution is 5.55. The Hall–Kier alpha value is -2.36. The summed E-state index contributed by atoms with van der Waals surface area (Å²) in [5, 5.41) is 13.3. The largest absolute Gasteiger partial charge is 0.507 e. The SMILES string of the molecule is CCOc1cc(NCc2cccc(C)c2O)ccc1OC. The Balaban J connectivity index is 2.13. The van der Waals surface area contributed by atoms with Gasteiger partial charge in [-0.3, -0.25) is 0 Å². The molecule has 0 aliphatic rings. The van der Waals surface area contributed by atoms with Crippen LogP contribution in [0.4, 0.5) is 5.69 Å². The lowest BCUT2D eigenvalue weighted by Gasteiger charge is -2.13. The van der Waals surface area contributed by atoms with Crippen molar-refractivity contribution in [2.75, 3.05) is 19.0 Å². The topological polar surface area (TPSA) is 50.7 Å². The number of hydrogen-bond acceptors (Lipinski definition) is 4. The van der Waals surface area contributed by atoms with Gasteiger partial charge in [0.15, 0.2) is 11.5 Å². The van der Waals surface area contributed by atoms with E-state index in [1.165, 1.54) is 0 Å². The molecule has 2 N–H and O–H groups in total. The zero-order chi connectivity index (χ0) is 15.2. The molecule has 0 heterocycles. The summed E-state index contributed by atoms with van der Waals surface area (Å²) in [6, 6.07) is 11.4. The first-order valence-corrected chi connectivity index (χ1v) is 6.98. The molecule has 2 aromatic carbocycles. The molecule has 0 amide bonds. The zero-order valence-electron chi connectivity index (χ0n) is 12.6. The minimum absolute atomic E-state index is 0.337. The van der Waals surface area contributed by atoms with Crippen LogP contribution in [0, 0.1) is 6.92 Å². The first-order chi connectivity index (χ1) is 10.2. The molecule has 2 rings (SSSR count). The number of hydrogen-bond donors (Lipinski definition) is 2. The van der Waals surface area contributed by atoms with Crippen molar-refractivity contribution in [2.24, 2.45) is 0 Å². The summed E-state index contributed by atoms with van der Waals surface area (Å²) in [7, 11) is 1.62. The van der Waals surface area contributed by atoms with Crippen LogP contribution in [0.5, 0.6) is 17.2 Å². The number of rotatable bonds is 6. The van der Waals surface area contributed by atoms with Crippen LogP contribution in [0.25, 0.3) is 0 Å². The first-order valence-electron chi connectivity index (χ1n) is 6.98. The second kappa shape index (κ2) is 6.88. The van der Waals surface area contributed by atoms with Gasteiger partial charge in [-0.25, -0.2) is 0 Å². The summed E-state index contributed by atoms with van der Waals surface area (Å²) in [5.74, 6) is 1.75. The van der Waals surface area contributed by atoms with Crippen molar-refractivity contribution in [1.82, 2.24) is 0 Å². The van der Waals surface area contributed by atoms with Crippen molar-refractivity contribution < 1.29 is 14.6 Å². The molecule has 112 valence electrons. The van der Waals surface area contributed by atoms with Gasteiger partial charge in [0.2, 0.25) is 0 Å². The third-order valence-corrected chi connectivity index (χ3v) is 3.27. The summed E-state index contributed by atoms with van der Waals surface area (Å²) in [6.07, 6.45) is 0. The van der Waals surface area contributed by atoms with Gasteiger partial charge in [-0.2, -0.15) is 0 Å². The van der Waals surface area contributed by atoms with Gasteiger partial charge in [0, 0.05) is 23.9 Å². The molecule has 0 spiro atoms. The van der Waals surface area contributed by atoms with E-state index < -0.39 is 0 Å². The number of phenols is 1. The van der Waals surface area contributed by atoms with Crippen LogP contribution in [-0.4, -0.2) is 18.8 Å². The number of aryl methyl sites for hydroxylation is 1. The van der Waals surface area contributed by atoms with Crippen molar-refractivity contribution in [3.8, 4) is 17.2 Å². The quantitative estimate of drug-likeness (QED) is 0.850. The molecule has 4 nitrogen and oxygen atoms in total. The Kier molecular flexibility index (Phi) is 4.93. The van der Waals surface area contributed by atoms with E-state index >= 15 is 0 Å². The molecular formula is C17H21NO3. The average molecular weight is 287 g/mol. The van der Waals surface area contributed by atoms with Crippen molar-refractivity contribution in [3.63, 3.8) is 0 Å². The highest BCUT2D eigenvalue weighted by Gasteiger charge is 2.07. The number of anilines is 1. The monoisotopic (exact) mass is 287 g/mol. The lowest BCUT2D eigenvalue weighted by atomic mass is 10.1.